The molecule has 2 aromatic rings. The smallest absolute Gasteiger partial charge is 0.391 e. The number of halogens is 4. The number of nitrogens with one attached hydrogen (secondary N) is 2. The quantitative estimate of drug-likeness (QED) is 0.676. The van der Waals surface area contributed by atoms with Gasteiger partial charge in [-0.2, -0.15) is 18.3 Å². The fourth-order valence-electron chi connectivity index (χ4n) is 3.02. The van der Waals surface area contributed by atoms with Crippen LogP contribution in [0.3, 0.4) is 0 Å². The van der Waals surface area contributed by atoms with Gasteiger partial charge in [-0.05, 0) is 25.1 Å². The van der Waals surface area contributed by atoms with Crippen molar-refractivity contribution in [2.75, 3.05) is 19.6 Å². The summed E-state index contributed by atoms with van der Waals surface area (Å²) in [6.07, 6.45) is -5.13. The van der Waals surface area contributed by atoms with Crippen molar-refractivity contribution in [3.05, 3.63) is 57.5 Å². The van der Waals surface area contributed by atoms with E-state index >= 15 is 0 Å². The minimum Gasteiger partial charge on any atom is -0.391 e. The highest BCUT2D eigenvalue weighted by Gasteiger charge is 2.31. The highest BCUT2D eigenvalue weighted by atomic mass is 35.5. The van der Waals surface area contributed by atoms with E-state index in [1.54, 1.807) is 0 Å². The van der Waals surface area contributed by atoms with E-state index in [0.29, 0.717) is 13.1 Å². The number of benzene rings is 1. The molecule has 1 amide bonds. The first kappa shape index (κ1) is 22.9. The Hall–Kier alpha value is -2.43. The number of aryl methyl sites for hydroxylation is 1. The van der Waals surface area contributed by atoms with Gasteiger partial charge in [-0.3, -0.25) is 9.59 Å². The molecule has 11 heteroatoms. The van der Waals surface area contributed by atoms with Gasteiger partial charge in [0.25, 0.3) is 5.91 Å². The molecule has 29 heavy (non-hydrogen) atoms. The van der Waals surface area contributed by atoms with Gasteiger partial charge in [0.15, 0.2) is 5.69 Å². The minimum absolute atomic E-state index is 0. The number of aliphatic hydroxyl groups excluding tert-OH is 1. The molecule has 0 bridgehead atoms. The van der Waals surface area contributed by atoms with E-state index in [0.717, 1.165) is 22.9 Å². The van der Waals surface area contributed by atoms with E-state index in [1.807, 2.05) is 0 Å². The molecule has 1 aromatic carbocycles. The second-order valence-electron chi connectivity index (χ2n) is 6.65. The average molecular weight is 433 g/mol. The van der Waals surface area contributed by atoms with Crippen LogP contribution in [0.15, 0.2) is 35.1 Å². The van der Waals surface area contributed by atoms with E-state index in [2.05, 4.69) is 15.7 Å². The number of rotatable bonds is 4. The second kappa shape index (κ2) is 8.93. The lowest BCUT2D eigenvalue weighted by Gasteiger charge is -2.15. The number of aliphatic hydroxyl groups is 1. The maximum absolute atomic E-state index is 13.0. The summed E-state index contributed by atoms with van der Waals surface area (Å²) in [6, 6.07) is 5.60. The Morgan fingerprint density at radius 1 is 1.34 bits per heavy atom. The van der Waals surface area contributed by atoms with Crippen molar-refractivity contribution < 1.29 is 23.1 Å². The lowest BCUT2D eigenvalue weighted by Crippen LogP contribution is -2.37. The highest BCUT2D eigenvalue weighted by Crippen LogP contribution is 2.30. The number of carbonyl (C=O) groups excluding carboxylic acids is 1. The molecule has 2 unspecified atom stereocenters. The molecule has 0 saturated carbocycles. The topological polar surface area (TPSA) is 96.2 Å². The molecule has 2 atom stereocenters. The summed E-state index contributed by atoms with van der Waals surface area (Å²) in [4.78, 5) is 24.6. The van der Waals surface area contributed by atoms with Crippen molar-refractivity contribution in [2.45, 2.75) is 19.2 Å². The fourth-order valence-corrected chi connectivity index (χ4v) is 3.02. The molecular weight excluding hydrogens is 413 g/mol. The van der Waals surface area contributed by atoms with Gasteiger partial charge >= 0.3 is 6.18 Å². The summed E-state index contributed by atoms with van der Waals surface area (Å²) in [5, 5.41) is 19.3. The van der Waals surface area contributed by atoms with E-state index in [1.165, 1.54) is 19.1 Å². The normalized spacial score (nSPS) is 18.9. The minimum atomic E-state index is -4.53. The van der Waals surface area contributed by atoms with Crippen molar-refractivity contribution in [2.24, 2.45) is 5.92 Å². The number of β-amino-alcohol motifs (C(OH)–C–C–N with tert-alkyl or cyclic N) is 1. The molecule has 0 spiro atoms. The molecule has 3 N–H and O–H groups in total. The van der Waals surface area contributed by atoms with Crippen LogP contribution in [0.25, 0.3) is 5.69 Å². The molecule has 1 fully saturated rings. The zero-order valence-electron chi connectivity index (χ0n) is 15.4. The number of amides is 1. The molecule has 1 aliphatic rings. The number of hydrogen-bond acceptors (Lipinski definition) is 5. The number of nitrogens with zero attached hydrogens (tertiary/aromatic N) is 2. The third-order valence-corrected chi connectivity index (χ3v) is 4.57. The third kappa shape index (κ3) is 5.14. The third-order valence-electron chi connectivity index (χ3n) is 4.57. The van der Waals surface area contributed by atoms with Gasteiger partial charge in [-0.1, -0.05) is 6.07 Å². The molecule has 158 valence electrons. The molecular formula is C18H20ClF3N4O3. The zero-order chi connectivity index (χ0) is 20.5. The van der Waals surface area contributed by atoms with Gasteiger partial charge in [0.05, 0.1) is 17.4 Å². The van der Waals surface area contributed by atoms with Crippen molar-refractivity contribution in [1.82, 2.24) is 20.4 Å². The van der Waals surface area contributed by atoms with Gasteiger partial charge < -0.3 is 15.7 Å². The first-order chi connectivity index (χ1) is 13.2. The van der Waals surface area contributed by atoms with Gasteiger partial charge in [-0.15, -0.1) is 12.4 Å². The summed E-state index contributed by atoms with van der Waals surface area (Å²) in [5.74, 6) is -0.940. The Labute approximate surface area is 170 Å². The second-order valence-corrected chi connectivity index (χ2v) is 6.65. The van der Waals surface area contributed by atoms with Crippen LogP contribution in [0.1, 0.15) is 21.7 Å². The van der Waals surface area contributed by atoms with E-state index < -0.39 is 34.9 Å². The Morgan fingerprint density at radius 3 is 2.69 bits per heavy atom. The lowest BCUT2D eigenvalue weighted by atomic mass is 10.1. The van der Waals surface area contributed by atoms with Gasteiger partial charge in [0.1, 0.15) is 0 Å². The van der Waals surface area contributed by atoms with Crippen LogP contribution in [0, 0.1) is 12.8 Å². The highest BCUT2D eigenvalue weighted by molar-refractivity contribution is 5.92. The average Bonchev–Trinajstić information content (AvgIpc) is 3.04. The largest absolute Gasteiger partial charge is 0.416 e. The van der Waals surface area contributed by atoms with Gasteiger partial charge in [-0.25, -0.2) is 4.68 Å². The number of alkyl halides is 3. The summed E-state index contributed by atoms with van der Waals surface area (Å²) in [5.41, 5.74) is -1.56. The molecule has 2 heterocycles. The monoisotopic (exact) mass is 432 g/mol. The van der Waals surface area contributed by atoms with Crippen LogP contribution in [0.5, 0.6) is 0 Å². The van der Waals surface area contributed by atoms with E-state index in [4.69, 9.17) is 0 Å². The Balaban J connectivity index is 0.00000300. The van der Waals surface area contributed by atoms with Crippen LogP contribution in [0.2, 0.25) is 0 Å². The Kier molecular flexibility index (Phi) is 7.04. The lowest BCUT2D eigenvalue weighted by molar-refractivity contribution is -0.137. The summed E-state index contributed by atoms with van der Waals surface area (Å²) >= 11 is 0. The Bertz CT molecular complexity index is 949. The van der Waals surface area contributed by atoms with Crippen molar-refractivity contribution in [3.8, 4) is 5.69 Å². The van der Waals surface area contributed by atoms with E-state index in [-0.39, 0.29) is 36.3 Å². The maximum Gasteiger partial charge on any atom is 0.416 e. The molecule has 3 rings (SSSR count). The number of hydrogen-bond donors (Lipinski definition) is 3. The van der Waals surface area contributed by atoms with Crippen molar-refractivity contribution >= 4 is 18.3 Å². The number of aromatic nitrogens is 2. The standard InChI is InChI=1S/C18H19F3N4O3.ClH/c1-10-5-14(26)16(17(28)23-8-11-7-22-9-15(11)27)24-25(10)13-4-2-3-12(6-13)18(19,20)21;/h2-6,11,15,22,27H,7-9H2,1H3,(H,23,28);1H. The van der Waals surface area contributed by atoms with Crippen LogP contribution in [-0.2, 0) is 6.18 Å². The maximum atomic E-state index is 13.0. The fraction of sp³-hybridized carbons (Fsp3) is 0.389. The van der Waals surface area contributed by atoms with Gasteiger partial charge in [0, 0.05) is 37.3 Å². The summed E-state index contributed by atoms with van der Waals surface area (Å²) in [6.45, 7) is 2.60. The van der Waals surface area contributed by atoms with Gasteiger partial charge in [0.2, 0.25) is 5.43 Å². The van der Waals surface area contributed by atoms with Crippen LogP contribution in [0.4, 0.5) is 13.2 Å². The molecule has 0 aliphatic carbocycles. The van der Waals surface area contributed by atoms with Crippen LogP contribution in [-0.4, -0.2) is 46.5 Å². The van der Waals surface area contributed by atoms with E-state index in [9.17, 15) is 27.9 Å². The molecule has 7 nitrogen and oxygen atoms in total. The molecule has 1 aliphatic heterocycles. The number of carbonyl (C=O) groups is 1. The summed E-state index contributed by atoms with van der Waals surface area (Å²) in [7, 11) is 0. The van der Waals surface area contributed by atoms with Crippen LogP contribution < -0.4 is 16.1 Å². The van der Waals surface area contributed by atoms with Crippen molar-refractivity contribution in [1.29, 1.82) is 0 Å². The Morgan fingerprint density at radius 2 is 2.07 bits per heavy atom. The first-order valence-electron chi connectivity index (χ1n) is 8.62. The van der Waals surface area contributed by atoms with Crippen LogP contribution >= 0.6 is 12.4 Å². The predicted molar refractivity (Wildman–Crippen MR) is 102 cm³/mol. The predicted octanol–water partition coefficient (Wildman–Crippen LogP) is 1.29. The van der Waals surface area contributed by atoms with Crippen molar-refractivity contribution in [3.63, 3.8) is 0 Å². The SMILES string of the molecule is Cc1cc(=O)c(C(=O)NCC2CNCC2O)nn1-c1cccc(C(F)(F)F)c1.Cl. The molecule has 1 aromatic heterocycles. The molecule has 1 saturated heterocycles. The molecule has 0 radical (unpaired) electrons. The zero-order valence-corrected chi connectivity index (χ0v) is 16.2. The first-order valence-corrected chi connectivity index (χ1v) is 8.62. The summed E-state index contributed by atoms with van der Waals surface area (Å²) < 4.78 is 40.0.